The van der Waals surface area contributed by atoms with Gasteiger partial charge in [0.15, 0.2) is 0 Å². The molecule has 2 aliphatic carbocycles. The molecule has 2 aliphatic rings. The molecule has 0 radical (unpaired) electrons. The first kappa shape index (κ1) is 25.9. The van der Waals surface area contributed by atoms with E-state index in [1.54, 1.807) is 0 Å². The van der Waals surface area contributed by atoms with Gasteiger partial charge in [-0.3, -0.25) is 9.59 Å². The van der Waals surface area contributed by atoms with Crippen LogP contribution in [0.1, 0.15) is 86.5 Å². The van der Waals surface area contributed by atoms with Crippen molar-refractivity contribution in [3.8, 4) is 0 Å². The van der Waals surface area contributed by atoms with Gasteiger partial charge >= 0.3 is 0 Å². The van der Waals surface area contributed by atoms with Crippen molar-refractivity contribution >= 4 is 32.0 Å². The van der Waals surface area contributed by atoms with Gasteiger partial charge in [0.05, 0.1) is 16.9 Å². The smallest absolute Gasteiger partial charge is 0.277 e. The molecule has 2 fully saturated rings. The zero-order chi connectivity index (χ0) is 22.8. The molecule has 5 nitrogen and oxygen atoms in total. The number of hydrogen-bond acceptors (Lipinski definition) is 5. The molecule has 0 N–H and O–H groups in total. The van der Waals surface area contributed by atoms with Crippen LogP contribution in [-0.2, 0) is 23.3 Å². The van der Waals surface area contributed by atoms with E-state index in [0.29, 0.717) is 24.3 Å². The highest BCUT2D eigenvalue weighted by Gasteiger charge is 2.65. The van der Waals surface area contributed by atoms with Gasteiger partial charge in [-0.15, -0.1) is 10.3 Å². The summed E-state index contributed by atoms with van der Waals surface area (Å²) in [5, 5.41) is 0. The van der Waals surface area contributed by atoms with Crippen molar-refractivity contribution < 1.29 is 21.6 Å². The van der Waals surface area contributed by atoms with Crippen molar-refractivity contribution in [1.82, 2.24) is 0 Å². The maximum atomic E-state index is 13.4. The van der Waals surface area contributed by atoms with Crippen LogP contribution in [0.2, 0.25) is 0 Å². The van der Waals surface area contributed by atoms with Crippen LogP contribution < -0.4 is 0 Å². The molecule has 0 heterocycles. The fraction of sp³-hybridized carbons (Fsp3) is 0.913. The minimum Gasteiger partial charge on any atom is -0.299 e. The summed E-state index contributed by atoms with van der Waals surface area (Å²) in [6, 6.07) is 0. The van der Waals surface area contributed by atoms with Gasteiger partial charge in [0, 0.05) is 23.8 Å². The van der Waals surface area contributed by atoms with Gasteiger partial charge in [0.25, 0.3) is 10.1 Å². The number of fused-ring (bicyclic) bond motifs is 2. The molecule has 2 bridgehead atoms. The zero-order valence-corrected chi connectivity index (χ0v) is 21.4. The number of ketones is 2. The lowest BCUT2D eigenvalue weighted by Gasteiger charge is -2.41. The van der Waals surface area contributed by atoms with Crippen LogP contribution in [-0.4, -0.2) is 43.0 Å². The molecule has 7 heteroatoms. The zero-order valence-electron chi connectivity index (χ0n) is 19.8. The molecule has 0 aromatic rings. The maximum absolute atomic E-state index is 13.4. The van der Waals surface area contributed by atoms with Crippen LogP contribution in [0.5, 0.6) is 0 Å². The molecular formula is C23H42O5S2. The van der Waals surface area contributed by atoms with E-state index in [1.807, 2.05) is 27.7 Å². The Labute approximate surface area is 185 Å². The molecule has 2 rings (SSSR count). The summed E-state index contributed by atoms with van der Waals surface area (Å²) in [6.07, 6.45) is 5.56. The quantitative estimate of drug-likeness (QED) is 0.372. The minimum atomic E-state index is -3.94. The van der Waals surface area contributed by atoms with E-state index in [0.717, 1.165) is 32.1 Å². The Hall–Kier alpha value is -0.400. The molecule has 2 saturated carbocycles. The highest BCUT2D eigenvalue weighted by Crippen LogP contribution is 2.65. The fourth-order valence-corrected chi connectivity index (χ4v) is 12.2. The fourth-order valence-electron chi connectivity index (χ4n) is 5.23. The number of Topliss-reactive ketones (excluding diaryl/α,β-unsaturated/α-hetero) is 2. The molecule has 0 spiro atoms. The molecule has 176 valence electrons. The summed E-state index contributed by atoms with van der Waals surface area (Å²) in [4.78, 5) is 25.5. The summed E-state index contributed by atoms with van der Waals surface area (Å²) >= 11 is 0. The summed E-state index contributed by atoms with van der Waals surface area (Å²) in [6.45, 7) is 11.9. The Morgan fingerprint density at radius 2 is 1.70 bits per heavy atom. The highest BCUT2D eigenvalue weighted by molar-refractivity contribution is 8.33. The summed E-state index contributed by atoms with van der Waals surface area (Å²) < 4.78 is 32.9. The topological polar surface area (TPSA) is 77.5 Å². The van der Waals surface area contributed by atoms with E-state index in [4.69, 9.17) is 3.63 Å². The Morgan fingerprint density at radius 1 is 1.13 bits per heavy atom. The van der Waals surface area contributed by atoms with Gasteiger partial charge in [-0.1, -0.05) is 54.4 Å². The third-order valence-corrected chi connectivity index (χ3v) is 13.3. The lowest BCUT2D eigenvalue weighted by molar-refractivity contribution is -0.128. The minimum absolute atomic E-state index is 0.0729. The van der Waals surface area contributed by atoms with Gasteiger partial charge < -0.3 is 0 Å². The molecule has 0 aromatic carbocycles. The molecule has 2 atom stereocenters. The number of hydrogen-bond donors (Lipinski definition) is 0. The van der Waals surface area contributed by atoms with E-state index in [2.05, 4.69) is 13.8 Å². The second-order valence-corrected chi connectivity index (χ2v) is 15.3. The van der Waals surface area contributed by atoms with E-state index in [9.17, 15) is 18.0 Å². The van der Waals surface area contributed by atoms with Crippen molar-refractivity contribution in [3.63, 3.8) is 0 Å². The van der Waals surface area contributed by atoms with Crippen molar-refractivity contribution in [1.29, 1.82) is 0 Å². The summed E-state index contributed by atoms with van der Waals surface area (Å²) in [5.74, 6) is 1.52. The largest absolute Gasteiger partial charge is 0.299 e. The van der Waals surface area contributed by atoms with Crippen LogP contribution in [0, 0.1) is 22.7 Å². The maximum Gasteiger partial charge on any atom is 0.277 e. The average molecular weight is 463 g/mol. The predicted octanol–water partition coefficient (Wildman–Crippen LogP) is 5.27. The van der Waals surface area contributed by atoms with Gasteiger partial charge in [-0.25, -0.2) is 3.63 Å². The van der Waals surface area contributed by atoms with Gasteiger partial charge in [0.1, 0.15) is 11.6 Å². The van der Waals surface area contributed by atoms with Gasteiger partial charge in [-0.2, -0.15) is 8.42 Å². The van der Waals surface area contributed by atoms with E-state index in [-0.39, 0.29) is 40.3 Å². The molecule has 0 aliphatic heterocycles. The third kappa shape index (κ3) is 5.15. The second-order valence-electron chi connectivity index (χ2n) is 10.3. The SMILES string of the molecule is CCCCS(CCCC)(CC(=O)C(C)C)OS(=O)(=O)CC12CCC(CC1=O)C2(C)C. The number of carbonyl (C=O) groups is 2. The Balaban J connectivity index is 2.34. The lowest BCUT2D eigenvalue weighted by Crippen LogP contribution is -2.43. The first-order chi connectivity index (χ1) is 13.8. The van der Waals surface area contributed by atoms with Gasteiger partial charge in [-0.05, 0) is 37.0 Å². The lowest BCUT2D eigenvalue weighted by atomic mass is 9.70. The monoisotopic (exact) mass is 462 g/mol. The van der Waals surface area contributed by atoms with E-state index >= 15 is 0 Å². The second kappa shape index (κ2) is 9.62. The van der Waals surface area contributed by atoms with Gasteiger partial charge in [0.2, 0.25) is 0 Å². The summed E-state index contributed by atoms with van der Waals surface area (Å²) in [7, 11) is -6.03. The molecule has 0 amide bonds. The van der Waals surface area contributed by atoms with Crippen LogP contribution in [0.25, 0.3) is 0 Å². The first-order valence-corrected chi connectivity index (χ1v) is 15.2. The standard InChI is InChI=1S/C23H42O5S2/c1-7-9-13-29(14-10-8-2,16-20(24)18(3)4)28-30(26,27)17-23-12-11-19(15-21(23)25)22(23,5)6/h18-19H,7-17H2,1-6H3. The number of carbonyl (C=O) groups excluding carboxylic acids is 2. The predicted molar refractivity (Wildman–Crippen MR) is 125 cm³/mol. The van der Waals surface area contributed by atoms with E-state index in [1.165, 1.54) is 0 Å². The first-order valence-electron chi connectivity index (χ1n) is 11.6. The van der Waals surface area contributed by atoms with Crippen molar-refractivity contribution in [2.45, 2.75) is 86.5 Å². The van der Waals surface area contributed by atoms with Crippen LogP contribution in [0.15, 0.2) is 0 Å². The summed E-state index contributed by atoms with van der Waals surface area (Å²) in [5.41, 5.74) is -1.15. The molecule has 2 unspecified atom stereocenters. The molecule has 0 saturated heterocycles. The van der Waals surface area contributed by atoms with E-state index < -0.39 is 25.8 Å². The Bertz CT molecular complexity index is 733. The average Bonchev–Trinajstić information content (AvgIpc) is 2.98. The van der Waals surface area contributed by atoms with Crippen molar-refractivity contribution in [3.05, 3.63) is 0 Å². The van der Waals surface area contributed by atoms with Crippen molar-refractivity contribution in [2.75, 3.05) is 23.0 Å². The van der Waals surface area contributed by atoms with Crippen molar-refractivity contribution in [2.24, 2.45) is 22.7 Å². The Morgan fingerprint density at radius 3 is 2.10 bits per heavy atom. The molecule has 30 heavy (non-hydrogen) atoms. The van der Waals surface area contributed by atoms with Crippen LogP contribution in [0.4, 0.5) is 0 Å². The van der Waals surface area contributed by atoms with Crippen LogP contribution >= 0.6 is 10.3 Å². The third-order valence-electron chi connectivity index (χ3n) is 7.60. The molecular weight excluding hydrogens is 420 g/mol. The normalized spacial score (nSPS) is 26.5. The highest BCUT2D eigenvalue weighted by atomic mass is 32.3. The number of rotatable bonds is 13. The molecule has 0 aromatic heterocycles. The Kier molecular flexibility index (Phi) is 8.29. The number of unbranched alkanes of at least 4 members (excludes halogenated alkanes) is 2. The van der Waals surface area contributed by atoms with Crippen LogP contribution in [0.3, 0.4) is 0 Å².